The Balaban J connectivity index is 0.00000147. The standard InChI is InChI=1S/C12H14N6O.ClH/c13-10-4-1-5-11-9(10)3-2-6-18(11)12(19)7-17-8-14-15-16-17;/h1,4-5,8H,2-3,6-7,13H2;1H. The smallest absolute Gasteiger partial charge is 0.248 e. The molecule has 7 nitrogen and oxygen atoms in total. The summed E-state index contributed by atoms with van der Waals surface area (Å²) in [5.74, 6) is -0.0288. The van der Waals surface area contributed by atoms with Crippen molar-refractivity contribution in [1.82, 2.24) is 20.2 Å². The van der Waals surface area contributed by atoms with Gasteiger partial charge >= 0.3 is 0 Å². The average Bonchev–Trinajstić information content (AvgIpc) is 2.91. The lowest BCUT2D eigenvalue weighted by molar-refractivity contribution is -0.119. The molecule has 0 saturated carbocycles. The minimum Gasteiger partial charge on any atom is -0.398 e. The number of aromatic nitrogens is 4. The number of nitrogens with zero attached hydrogens (tertiary/aromatic N) is 5. The van der Waals surface area contributed by atoms with Crippen LogP contribution in [0.25, 0.3) is 0 Å². The highest BCUT2D eigenvalue weighted by atomic mass is 35.5. The second kappa shape index (κ2) is 5.87. The SMILES string of the molecule is Cl.Nc1cccc2c1CCCN2C(=O)Cn1cnnn1. The molecule has 8 heteroatoms. The van der Waals surface area contributed by atoms with Gasteiger partial charge in [-0.3, -0.25) is 4.79 Å². The first kappa shape index (κ1) is 14.3. The van der Waals surface area contributed by atoms with E-state index >= 15 is 0 Å². The van der Waals surface area contributed by atoms with Gasteiger partial charge in [-0.2, -0.15) is 0 Å². The number of carbonyl (C=O) groups is 1. The lowest BCUT2D eigenvalue weighted by Gasteiger charge is -2.30. The van der Waals surface area contributed by atoms with Crippen LogP contribution in [0.2, 0.25) is 0 Å². The van der Waals surface area contributed by atoms with Gasteiger partial charge in [0.25, 0.3) is 0 Å². The zero-order chi connectivity index (χ0) is 13.2. The zero-order valence-corrected chi connectivity index (χ0v) is 11.6. The van der Waals surface area contributed by atoms with Gasteiger partial charge in [0, 0.05) is 17.9 Å². The van der Waals surface area contributed by atoms with Crippen molar-refractivity contribution >= 4 is 29.7 Å². The maximum absolute atomic E-state index is 12.3. The van der Waals surface area contributed by atoms with E-state index in [1.54, 1.807) is 4.90 Å². The monoisotopic (exact) mass is 294 g/mol. The quantitative estimate of drug-likeness (QED) is 0.822. The fourth-order valence-electron chi connectivity index (χ4n) is 2.39. The molecule has 3 rings (SSSR count). The molecular weight excluding hydrogens is 280 g/mol. The van der Waals surface area contributed by atoms with E-state index < -0.39 is 0 Å². The van der Waals surface area contributed by atoms with Crippen molar-refractivity contribution in [2.24, 2.45) is 0 Å². The molecular formula is C12H15ClN6O. The first-order valence-corrected chi connectivity index (χ1v) is 6.14. The number of hydrogen-bond donors (Lipinski definition) is 1. The van der Waals surface area contributed by atoms with Gasteiger partial charge in [0.2, 0.25) is 5.91 Å². The number of carbonyl (C=O) groups excluding carboxylic acids is 1. The number of benzene rings is 1. The summed E-state index contributed by atoms with van der Waals surface area (Å²) in [6.07, 6.45) is 3.27. The Morgan fingerprint density at radius 2 is 2.25 bits per heavy atom. The first-order valence-electron chi connectivity index (χ1n) is 6.14. The first-order chi connectivity index (χ1) is 9.25. The zero-order valence-electron chi connectivity index (χ0n) is 10.8. The number of halogens is 1. The third kappa shape index (κ3) is 2.57. The molecule has 20 heavy (non-hydrogen) atoms. The fourth-order valence-corrected chi connectivity index (χ4v) is 2.39. The van der Waals surface area contributed by atoms with Gasteiger partial charge < -0.3 is 10.6 Å². The summed E-state index contributed by atoms with van der Waals surface area (Å²) in [6.45, 7) is 0.846. The van der Waals surface area contributed by atoms with Gasteiger partial charge in [-0.25, -0.2) is 4.68 Å². The van der Waals surface area contributed by atoms with Crippen LogP contribution in [0.1, 0.15) is 12.0 Å². The van der Waals surface area contributed by atoms with Crippen molar-refractivity contribution in [1.29, 1.82) is 0 Å². The highest BCUT2D eigenvalue weighted by molar-refractivity contribution is 5.95. The molecule has 0 atom stereocenters. The molecule has 1 aromatic carbocycles. The van der Waals surface area contributed by atoms with E-state index in [1.165, 1.54) is 11.0 Å². The van der Waals surface area contributed by atoms with E-state index in [1.807, 2.05) is 18.2 Å². The number of tetrazole rings is 1. The largest absolute Gasteiger partial charge is 0.398 e. The number of amides is 1. The molecule has 2 N–H and O–H groups in total. The third-order valence-electron chi connectivity index (χ3n) is 3.28. The molecule has 1 amide bonds. The van der Waals surface area contributed by atoms with Gasteiger partial charge in [0.15, 0.2) is 0 Å². The summed E-state index contributed by atoms with van der Waals surface area (Å²) in [4.78, 5) is 14.1. The van der Waals surface area contributed by atoms with E-state index in [9.17, 15) is 4.79 Å². The van der Waals surface area contributed by atoms with Crippen molar-refractivity contribution in [2.75, 3.05) is 17.2 Å². The van der Waals surface area contributed by atoms with Gasteiger partial charge in [0.1, 0.15) is 12.9 Å². The Hall–Kier alpha value is -2.15. The molecule has 1 aromatic heterocycles. The molecule has 0 fully saturated rings. The number of nitrogens with two attached hydrogens (primary N) is 1. The molecule has 106 valence electrons. The predicted molar refractivity (Wildman–Crippen MR) is 76.6 cm³/mol. The van der Waals surface area contributed by atoms with Crippen LogP contribution in [-0.2, 0) is 17.8 Å². The Kier molecular flexibility index (Phi) is 4.19. The van der Waals surface area contributed by atoms with E-state index in [-0.39, 0.29) is 24.9 Å². The Morgan fingerprint density at radius 3 is 3.00 bits per heavy atom. The number of rotatable bonds is 2. The van der Waals surface area contributed by atoms with Crippen molar-refractivity contribution in [2.45, 2.75) is 19.4 Å². The minimum atomic E-state index is -0.0288. The van der Waals surface area contributed by atoms with Crippen molar-refractivity contribution in [3.05, 3.63) is 30.1 Å². The normalized spacial score (nSPS) is 13.5. The van der Waals surface area contributed by atoms with E-state index in [4.69, 9.17) is 5.73 Å². The second-order valence-corrected chi connectivity index (χ2v) is 4.50. The van der Waals surface area contributed by atoms with Crippen molar-refractivity contribution in [3.63, 3.8) is 0 Å². The van der Waals surface area contributed by atoms with Crippen LogP contribution in [0.15, 0.2) is 24.5 Å². The summed E-state index contributed by atoms with van der Waals surface area (Å²) in [7, 11) is 0. The Bertz CT molecular complexity index is 600. The maximum atomic E-state index is 12.3. The van der Waals surface area contributed by atoms with E-state index in [2.05, 4.69) is 15.5 Å². The molecule has 0 unspecified atom stereocenters. The van der Waals surface area contributed by atoms with Crippen LogP contribution >= 0.6 is 12.4 Å². The highest BCUT2D eigenvalue weighted by Crippen LogP contribution is 2.31. The van der Waals surface area contributed by atoms with Gasteiger partial charge in [-0.1, -0.05) is 6.07 Å². The Labute approximate surface area is 122 Å². The maximum Gasteiger partial charge on any atom is 0.248 e. The van der Waals surface area contributed by atoms with Crippen molar-refractivity contribution in [3.8, 4) is 0 Å². The number of nitrogen functional groups attached to an aromatic ring is 1. The van der Waals surface area contributed by atoms with Crippen LogP contribution in [-0.4, -0.2) is 32.7 Å². The van der Waals surface area contributed by atoms with Gasteiger partial charge in [-0.05, 0) is 41.0 Å². The number of hydrogen-bond acceptors (Lipinski definition) is 5. The lowest BCUT2D eigenvalue weighted by Crippen LogP contribution is -2.38. The topological polar surface area (TPSA) is 89.9 Å². The van der Waals surface area contributed by atoms with Crippen LogP contribution in [0.4, 0.5) is 11.4 Å². The van der Waals surface area contributed by atoms with Gasteiger partial charge in [-0.15, -0.1) is 17.5 Å². The third-order valence-corrected chi connectivity index (χ3v) is 3.28. The summed E-state index contributed by atoms with van der Waals surface area (Å²) in [5, 5.41) is 10.7. The molecule has 1 aliphatic heterocycles. The van der Waals surface area contributed by atoms with Crippen LogP contribution in [0.5, 0.6) is 0 Å². The molecule has 0 spiro atoms. The summed E-state index contributed by atoms with van der Waals surface area (Å²) in [6, 6.07) is 5.67. The number of anilines is 2. The Morgan fingerprint density at radius 1 is 1.40 bits per heavy atom. The summed E-state index contributed by atoms with van der Waals surface area (Å²) in [5.41, 5.74) is 8.67. The minimum absolute atomic E-state index is 0. The molecule has 0 bridgehead atoms. The molecule has 0 aliphatic carbocycles. The predicted octanol–water partition coefficient (Wildman–Crippen LogP) is 0.656. The second-order valence-electron chi connectivity index (χ2n) is 4.50. The fraction of sp³-hybridized carbons (Fsp3) is 0.333. The van der Waals surface area contributed by atoms with Crippen molar-refractivity contribution < 1.29 is 4.79 Å². The van der Waals surface area contributed by atoms with Crippen LogP contribution < -0.4 is 10.6 Å². The highest BCUT2D eigenvalue weighted by Gasteiger charge is 2.23. The van der Waals surface area contributed by atoms with Crippen LogP contribution in [0.3, 0.4) is 0 Å². The number of fused-ring (bicyclic) bond motifs is 1. The summed E-state index contributed by atoms with van der Waals surface area (Å²) < 4.78 is 1.42. The van der Waals surface area contributed by atoms with Crippen LogP contribution in [0, 0.1) is 0 Å². The molecule has 0 radical (unpaired) electrons. The molecule has 0 saturated heterocycles. The molecule has 2 aromatic rings. The molecule has 1 aliphatic rings. The lowest BCUT2D eigenvalue weighted by atomic mass is 10.00. The van der Waals surface area contributed by atoms with E-state index in [0.717, 1.165) is 29.8 Å². The van der Waals surface area contributed by atoms with Gasteiger partial charge in [0.05, 0.1) is 0 Å². The van der Waals surface area contributed by atoms with E-state index in [0.29, 0.717) is 6.54 Å². The summed E-state index contributed by atoms with van der Waals surface area (Å²) >= 11 is 0. The average molecular weight is 295 g/mol. The molecule has 2 heterocycles.